The van der Waals surface area contributed by atoms with Gasteiger partial charge in [-0.1, -0.05) is 18.2 Å². The molecule has 0 bridgehead atoms. The lowest BCUT2D eigenvalue weighted by atomic mass is 9.95. The molecule has 80 valence electrons. The lowest BCUT2D eigenvalue weighted by Crippen LogP contribution is -2.35. The van der Waals surface area contributed by atoms with Gasteiger partial charge in [0.2, 0.25) is 0 Å². The van der Waals surface area contributed by atoms with E-state index in [1.54, 1.807) is 0 Å². The monoisotopic (exact) mass is 205 g/mol. The molecule has 3 heteroatoms. The molecular weight excluding hydrogens is 190 g/mol. The highest BCUT2D eigenvalue weighted by molar-refractivity contribution is 5.68. The van der Waals surface area contributed by atoms with Crippen LogP contribution in [0.1, 0.15) is 29.2 Å². The van der Waals surface area contributed by atoms with Crippen LogP contribution in [0, 0.1) is 13.8 Å². The van der Waals surface area contributed by atoms with Crippen molar-refractivity contribution in [3.8, 4) is 0 Å². The van der Waals surface area contributed by atoms with E-state index in [4.69, 9.17) is 4.74 Å². The van der Waals surface area contributed by atoms with Gasteiger partial charge < -0.3 is 10.1 Å². The van der Waals surface area contributed by atoms with Crippen LogP contribution in [0.2, 0.25) is 0 Å². The van der Waals surface area contributed by atoms with Crippen molar-refractivity contribution in [3.05, 3.63) is 34.9 Å². The van der Waals surface area contributed by atoms with Gasteiger partial charge in [0.25, 0.3) is 0 Å². The summed E-state index contributed by atoms with van der Waals surface area (Å²) in [5.74, 6) is 0. The van der Waals surface area contributed by atoms with E-state index in [1.807, 2.05) is 6.07 Å². The molecule has 0 aromatic heterocycles. The SMILES string of the molecule is Cc1cccc([C@@H]2CCOC(=O)N2)c1C. The molecule has 1 N–H and O–H groups in total. The molecule has 0 radical (unpaired) electrons. The van der Waals surface area contributed by atoms with E-state index in [9.17, 15) is 4.79 Å². The first kappa shape index (κ1) is 10.0. The van der Waals surface area contributed by atoms with Gasteiger partial charge in [-0.05, 0) is 30.5 Å². The maximum atomic E-state index is 11.1. The van der Waals surface area contributed by atoms with Crippen molar-refractivity contribution >= 4 is 6.09 Å². The molecule has 1 aliphatic heterocycles. The Balaban J connectivity index is 2.28. The predicted molar refractivity (Wildman–Crippen MR) is 57.8 cm³/mol. The van der Waals surface area contributed by atoms with Gasteiger partial charge in [-0.15, -0.1) is 0 Å². The highest BCUT2D eigenvalue weighted by Gasteiger charge is 2.22. The van der Waals surface area contributed by atoms with Gasteiger partial charge in [-0.25, -0.2) is 4.79 Å². The maximum Gasteiger partial charge on any atom is 0.407 e. The minimum atomic E-state index is -0.313. The van der Waals surface area contributed by atoms with Crippen LogP contribution in [0.3, 0.4) is 0 Å². The van der Waals surface area contributed by atoms with Crippen LogP contribution in [0.4, 0.5) is 4.79 Å². The maximum absolute atomic E-state index is 11.1. The number of amides is 1. The summed E-state index contributed by atoms with van der Waals surface area (Å²) < 4.78 is 4.85. The zero-order valence-electron chi connectivity index (χ0n) is 9.04. The second-order valence-corrected chi connectivity index (χ2v) is 3.91. The van der Waals surface area contributed by atoms with Gasteiger partial charge in [-0.3, -0.25) is 0 Å². The van der Waals surface area contributed by atoms with Gasteiger partial charge in [-0.2, -0.15) is 0 Å². The zero-order valence-corrected chi connectivity index (χ0v) is 9.04. The van der Waals surface area contributed by atoms with Crippen LogP contribution in [0.5, 0.6) is 0 Å². The Labute approximate surface area is 89.4 Å². The lowest BCUT2D eigenvalue weighted by molar-refractivity contribution is 0.115. The number of ether oxygens (including phenoxy) is 1. The Morgan fingerprint density at radius 2 is 2.20 bits per heavy atom. The van der Waals surface area contributed by atoms with E-state index < -0.39 is 0 Å². The Bertz CT molecular complexity index is 387. The fraction of sp³-hybridized carbons (Fsp3) is 0.417. The molecule has 0 unspecified atom stereocenters. The molecule has 1 saturated heterocycles. The number of carbonyl (C=O) groups excluding carboxylic acids is 1. The van der Waals surface area contributed by atoms with Crippen molar-refractivity contribution in [1.82, 2.24) is 5.32 Å². The Hall–Kier alpha value is -1.51. The van der Waals surface area contributed by atoms with E-state index in [-0.39, 0.29) is 12.1 Å². The van der Waals surface area contributed by atoms with Crippen molar-refractivity contribution in [2.45, 2.75) is 26.3 Å². The summed E-state index contributed by atoms with van der Waals surface area (Å²) in [6.45, 7) is 4.68. The van der Waals surface area contributed by atoms with Crippen LogP contribution in [0.25, 0.3) is 0 Å². The summed E-state index contributed by atoms with van der Waals surface area (Å²) in [6.07, 6.45) is 0.530. The summed E-state index contributed by atoms with van der Waals surface area (Å²) in [7, 11) is 0. The number of hydrogen-bond acceptors (Lipinski definition) is 2. The molecule has 3 nitrogen and oxygen atoms in total. The van der Waals surface area contributed by atoms with Crippen LogP contribution in [-0.2, 0) is 4.74 Å². The van der Waals surface area contributed by atoms with E-state index in [2.05, 4.69) is 31.3 Å². The number of alkyl carbamates (subject to hydrolysis) is 1. The molecule has 15 heavy (non-hydrogen) atoms. The number of rotatable bonds is 1. The average Bonchev–Trinajstić information content (AvgIpc) is 2.22. The molecule has 1 atom stereocenters. The Kier molecular flexibility index (Phi) is 2.62. The minimum absolute atomic E-state index is 0.103. The van der Waals surface area contributed by atoms with Gasteiger partial charge >= 0.3 is 6.09 Å². The first-order valence-electron chi connectivity index (χ1n) is 5.18. The number of carbonyl (C=O) groups is 1. The third-order valence-electron chi connectivity index (χ3n) is 2.95. The number of aryl methyl sites for hydroxylation is 1. The quantitative estimate of drug-likeness (QED) is 0.764. The highest BCUT2D eigenvalue weighted by Crippen LogP contribution is 2.24. The van der Waals surface area contributed by atoms with E-state index in [1.165, 1.54) is 16.7 Å². The summed E-state index contributed by atoms with van der Waals surface area (Å²) in [4.78, 5) is 11.1. The summed E-state index contributed by atoms with van der Waals surface area (Å²) in [5, 5.41) is 2.84. The molecular formula is C12H15NO2. The number of hydrogen-bond donors (Lipinski definition) is 1. The molecule has 1 aromatic carbocycles. The Morgan fingerprint density at radius 3 is 2.93 bits per heavy atom. The highest BCUT2D eigenvalue weighted by atomic mass is 16.5. The van der Waals surface area contributed by atoms with Crippen molar-refractivity contribution in [2.75, 3.05) is 6.61 Å². The molecule has 0 spiro atoms. The average molecular weight is 205 g/mol. The zero-order chi connectivity index (χ0) is 10.8. The first-order valence-corrected chi connectivity index (χ1v) is 5.18. The standard InChI is InChI=1S/C12H15NO2/c1-8-4-3-5-10(9(8)2)11-6-7-15-12(14)13-11/h3-5,11H,6-7H2,1-2H3,(H,13,14)/t11-/m0/s1. The molecule has 1 heterocycles. The summed E-state index contributed by atoms with van der Waals surface area (Å²) >= 11 is 0. The molecule has 2 rings (SSSR count). The topological polar surface area (TPSA) is 38.3 Å². The molecule has 0 saturated carbocycles. The third kappa shape index (κ3) is 1.96. The van der Waals surface area contributed by atoms with E-state index >= 15 is 0 Å². The first-order chi connectivity index (χ1) is 7.18. The molecule has 1 aromatic rings. The van der Waals surface area contributed by atoms with Crippen LogP contribution >= 0.6 is 0 Å². The fourth-order valence-electron chi connectivity index (χ4n) is 1.91. The lowest BCUT2D eigenvalue weighted by Gasteiger charge is -2.25. The largest absolute Gasteiger partial charge is 0.449 e. The normalized spacial score (nSPS) is 20.7. The Morgan fingerprint density at radius 1 is 1.40 bits per heavy atom. The number of nitrogens with one attached hydrogen (secondary N) is 1. The van der Waals surface area contributed by atoms with Crippen molar-refractivity contribution in [3.63, 3.8) is 0 Å². The third-order valence-corrected chi connectivity index (χ3v) is 2.95. The molecule has 0 aliphatic carbocycles. The van der Waals surface area contributed by atoms with Crippen molar-refractivity contribution in [1.29, 1.82) is 0 Å². The predicted octanol–water partition coefficient (Wildman–Crippen LogP) is 2.47. The van der Waals surface area contributed by atoms with Gasteiger partial charge in [0.05, 0.1) is 12.6 Å². The fourth-order valence-corrected chi connectivity index (χ4v) is 1.91. The number of cyclic esters (lactones) is 1. The smallest absolute Gasteiger partial charge is 0.407 e. The van der Waals surface area contributed by atoms with E-state index in [0.29, 0.717) is 6.61 Å². The van der Waals surface area contributed by atoms with Crippen LogP contribution < -0.4 is 5.32 Å². The van der Waals surface area contributed by atoms with Crippen LogP contribution in [0.15, 0.2) is 18.2 Å². The van der Waals surface area contributed by atoms with Crippen molar-refractivity contribution in [2.24, 2.45) is 0 Å². The van der Waals surface area contributed by atoms with Gasteiger partial charge in [0.15, 0.2) is 0 Å². The molecule has 1 aliphatic rings. The summed E-state index contributed by atoms with van der Waals surface area (Å²) in [5.41, 5.74) is 3.71. The van der Waals surface area contributed by atoms with Gasteiger partial charge in [0, 0.05) is 6.42 Å². The van der Waals surface area contributed by atoms with E-state index in [0.717, 1.165) is 6.42 Å². The van der Waals surface area contributed by atoms with Crippen molar-refractivity contribution < 1.29 is 9.53 Å². The van der Waals surface area contributed by atoms with Gasteiger partial charge in [0.1, 0.15) is 0 Å². The molecule has 1 amide bonds. The minimum Gasteiger partial charge on any atom is -0.449 e. The summed E-state index contributed by atoms with van der Waals surface area (Å²) in [6, 6.07) is 6.28. The van der Waals surface area contributed by atoms with Crippen LogP contribution in [-0.4, -0.2) is 12.7 Å². The second-order valence-electron chi connectivity index (χ2n) is 3.91. The number of benzene rings is 1. The second kappa shape index (κ2) is 3.93. The molecule has 1 fully saturated rings.